The molecule has 0 saturated heterocycles. The number of anilines is 1. The first-order valence-electron chi connectivity index (χ1n) is 6.63. The van der Waals surface area contributed by atoms with Crippen molar-refractivity contribution in [2.45, 2.75) is 13.8 Å². The molecule has 2 aromatic rings. The average Bonchev–Trinajstić information content (AvgIpc) is 2.89. The van der Waals surface area contributed by atoms with Crippen molar-refractivity contribution < 1.29 is 19.1 Å². The molecule has 0 aliphatic heterocycles. The Balaban J connectivity index is 2.34. The highest BCUT2D eigenvalue weighted by molar-refractivity contribution is 5.90. The van der Waals surface area contributed by atoms with E-state index in [1.165, 1.54) is 0 Å². The van der Waals surface area contributed by atoms with Gasteiger partial charge in [0.05, 0.1) is 13.2 Å². The molecule has 0 radical (unpaired) electrons. The molecule has 0 aromatic carbocycles. The zero-order valence-corrected chi connectivity index (χ0v) is 11.9. The first-order valence-corrected chi connectivity index (χ1v) is 6.63. The molecule has 7 nitrogen and oxygen atoms in total. The zero-order valence-electron chi connectivity index (χ0n) is 11.9. The summed E-state index contributed by atoms with van der Waals surface area (Å²) in [6, 6.07) is 9.13. The van der Waals surface area contributed by atoms with Gasteiger partial charge >= 0.3 is 12.2 Å². The molecule has 0 atom stereocenters. The molecule has 0 unspecified atom stereocenters. The van der Waals surface area contributed by atoms with Crippen LogP contribution < -0.4 is 10.4 Å². The largest absolute Gasteiger partial charge is 0.449 e. The third-order valence-electron chi connectivity index (χ3n) is 2.70. The van der Waals surface area contributed by atoms with Gasteiger partial charge in [0.1, 0.15) is 5.82 Å². The normalized spacial score (nSPS) is 10.2. The van der Waals surface area contributed by atoms with Crippen LogP contribution in [0.3, 0.4) is 0 Å². The second kappa shape index (κ2) is 6.65. The maximum Gasteiger partial charge on any atom is 0.434 e. The molecule has 2 amide bonds. The van der Waals surface area contributed by atoms with Crippen LogP contribution >= 0.6 is 0 Å². The summed E-state index contributed by atoms with van der Waals surface area (Å²) in [5, 5.41) is 1.02. The van der Waals surface area contributed by atoms with Crippen LogP contribution in [0.1, 0.15) is 13.8 Å². The van der Waals surface area contributed by atoms with Crippen molar-refractivity contribution in [2.24, 2.45) is 0 Å². The Labute approximate surface area is 122 Å². The van der Waals surface area contributed by atoms with Crippen LogP contribution in [0, 0.1) is 0 Å². The number of hydrazine groups is 1. The number of aromatic nitrogens is 1. The molecule has 2 heterocycles. The minimum atomic E-state index is -0.726. The van der Waals surface area contributed by atoms with E-state index in [1.807, 2.05) is 24.3 Å². The van der Waals surface area contributed by atoms with E-state index in [-0.39, 0.29) is 13.2 Å². The predicted octanol–water partition coefficient (Wildman–Crippen LogP) is 2.56. The van der Waals surface area contributed by atoms with Crippen molar-refractivity contribution >= 4 is 23.5 Å². The molecule has 0 aliphatic rings. The molecular weight excluding hydrogens is 274 g/mol. The lowest BCUT2D eigenvalue weighted by atomic mass is 10.4. The van der Waals surface area contributed by atoms with Gasteiger partial charge in [0.2, 0.25) is 0 Å². The molecule has 112 valence electrons. The van der Waals surface area contributed by atoms with E-state index in [0.29, 0.717) is 5.82 Å². The van der Waals surface area contributed by atoms with E-state index in [1.54, 1.807) is 30.5 Å². The van der Waals surface area contributed by atoms with Gasteiger partial charge in [-0.15, -0.1) is 0 Å². The van der Waals surface area contributed by atoms with Gasteiger partial charge in [-0.2, -0.15) is 5.01 Å². The Morgan fingerprint density at radius 3 is 2.62 bits per heavy atom. The molecule has 21 heavy (non-hydrogen) atoms. The van der Waals surface area contributed by atoms with Crippen LogP contribution in [0.4, 0.5) is 15.4 Å². The fourth-order valence-corrected chi connectivity index (χ4v) is 1.86. The number of hydrogen-bond donors (Lipinski definition) is 1. The molecular formula is C14H17N3O4. The Kier molecular flexibility index (Phi) is 4.65. The van der Waals surface area contributed by atoms with Crippen molar-refractivity contribution in [3.8, 4) is 0 Å². The number of nitrogens with zero attached hydrogens (tertiary/aromatic N) is 2. The summed E-state index contributed by atoms with van der Waals surface area (Å²) in [5.41, 5.74) is 3.26. The summed E-state index contributed by atoms with van der Waals surface area (Å²) >= 11 is 0. The number of carbonyl (C=O) groups is 2. The van der Waals surface area contributed by atoms with Crippen LogP contribution in [0.25, 0.3) is 5.52 Å². The van der Waals surface area contributed by atoms with E-state index in [2.05, 4.69) is 5.43 Å². The van der Waals surface area contributed by atoms with Crippen molar-refractivity contribution in [2.75, 3.05) is 18.2 Å². The molecule has 0 saturated carbocycles. The Hall–Kier alpha value is -2.70. The summed E-state index contributed by atoms with van der Waals surface area (Å²) in [6.07, 6.45) is 0.370. The standard InChI is InChI=1S/C14H17N3O4/c1-3-20-13(18)15-17(14(19)21-4-2)12-9-8-11-7-5-6-10-16(11)12/h5-10H,3-4H2,1-2H3,(H,15,18). The highest BCUT2D eigenvalue weighted by Crippen LogP contribution is 2.18. The molecule has 1 N–H and O–H groups in total. The highest BCUT2D eigenvalue weighted by Gasteiger charge is 2.22. The lowest BCUT2D eigenvalue weighted by molar-refractivity contribution is 0.138. The number of hydrogen-bond acceptors (Lipinski definition) is 4. The van der Waals surface area contributed by atoms with E-state index >= 15 is 0 Å². The van der Waals surface area contributed by atoms with Crippen LogP contribution in [0.5, 0.6) is 0 Å². The van der Waals surface area contributed by atoms with Gasteiger partial charge in [-0.05, 0) is 38.1 Å². The van der Waals surface area contributed by atoms with Gasteiger partial charge in [-0.3, -0.25) is 0 Å². The Bertz CT molecular complexity index is 638. The number of nitrogens with one attached hydrogen (secondary N) is 1. The third-order valence-corrected chi connectivity index (χ3v) is 2.70. The van der Waals surface area contributed by atoms with Crippen molar-refractivity contribution in [1.29, 1.82) is 0 Å². The fraction of sp³-hybridized carbons (Fsp3) is 0.286. The van der Waals surface area contributed by atoms with Crippen LogP contribution in [-0.4, -0.2) is 29.8 Å². The van der Waals surface area contributed by atoms with E-state index in [9.17, 15) is 9.59 Å². The monoisotopic (exact) mass is 291 g/mol. The van der Waals surface area contributed by atoms with E-state index < -0.39 is 12.2 Å². The average molecular weight is 291 g/mol. The minimum Gasteiger partial charge on any atom is -0.449 e. The summed E-state index contributed by atoms with van der Waals surface area (Å²) in [7, 11) is 0. The molecule has 0 bridgehead atoms. The summed E-state index contributed by atoms with van der Waals surface area (Å²) in [4.78, 5) is 23.6. The van der Waals surface area contributed by atoms with Crippen molar-refractivity contribution in [3.05, 3.63) is 36.5 Å². The number of fused-ring (bicyclic) bond motifs is 1. The highest BCUT2D eigenvalue weighted by atomic mass is 16.6. The SMILES string of the molecule is CCOC(=O)NN(C(=O)OCC)c1ccc2ccccn12. The lowest BCUT2D eigenvalue weighted by Crippen LogP contribution is -2.47. The zero-order chi connectivity index (χ0) is 15.2. The van der Waals surface area contributed by atoms with Gasteiger partial charge in [0, 0.05) is 11.7 Å². The fourth-order valence-electron chi connectivity index (χ4n) is 1.86. The number of ether oxygens (including phenoxy) is 2. The first kappa shape index (κ1) is 14.7. The van der Waals surface area contributed by atoms with E-state index in [0.717, 1.165) is 10.5 Å². The summed E-state index contributed by atoms with van der Waals surface area (Å²) in [5.74, 6) is 0.456. The summed E-state index contributed by atoms with van der Waals surface area (Å²) in [6.45, 7) is 3.78. The molecule has 7 heteroatoms. The molecule has 0 aliphatic carbocycles. The number of carbonyl (C=O) groups excluding carboxylic acids is 2. The number of pyridine rings is 1. The second-order valence-corrected chi connectivity index (χ2v) is 4.05. The third kappa shape index (κ3) is 3.25. The minimum absolute atomic E-state index is 0.198. The number of amides is 2. The maximum atomic E-state index is 12.0. The smallest absolute Gasteiger partial charge is 0.434 e. The topological polar surface area (TPSA) is 72.3 Å². The van der Waals surface area contributed by atoms with Crippen LogP contribution in [0.2, 0.25) is 0 Å². The lowest BCUT2D eigenvalue weighted by Gasteiger charge is -2.21. The van der Waals surface area contributed by atoms with Gasteiger partial charge in [-0.1, -0.05) is 6.07 Å². The molecule has 2 aromatic heterocycles. The Morgan fingerprint density at radius 2 is 1.90 bits per heavy atom. The van der Waals surface area contributed by atoms with Crippen molar-refractivity contribution in [1.82, 2.24) is 9.83 Å². The molecule has 0 spiro atoms. The van der Waals surface area contributed by atoms with Crippen molar-refractivity contribution in [3.63, 3.8) is 0 Å². The summed E-state index contributed by atoms with van der Waals surface area (Å²) < 4.78 is 11.5. The van der Waals surface area contributed by atoms with E-state index in [4.69, 9.17) is 9.47 Å². The molecule has 2 rings (SSSR count). The van der Waals surface area contributed by atoms with Gasteiger partial charge in [0.15, 0.2) is 0 Å². The molecule has 0 fully saturated rings. The Morgan fingerprint density at radius 1 is 1.14 bits per heavy atom. The maximum absolute atomic E-state index is 12.0. The second-order valence-electron chi connectivity index (χ2n) is 4.05. The van der Waals surface area contributed by atoms with Gasteiger partial charge in [-0.25, -0.2) is 15.0 Å². The number of rotatable bonds is 3. The first-order chi connectivity index (χ1) is 10.2. The van der Waals surface area contributed by atoms with Crippen LogP contribution in [0.15, 0.2) is 36.5 Å². The van der Waals surface area contributed by atoms with Gasteiger partial charge in [0.25, 0.3) is 0 Å². The predicted molar refractivity (Wildman–Crippen MR) is 77.1 cm³/mol. The van der Waals surface area contributed by atoms with Gasteiger partial charge < -0.3 is 13.9 Å². The quantitative estimate of drug-likeness (QED) is 0.882. The van der Waals surface area contributed by atoms with Crippen LogP contribution in [-0.2, 0) is 9.47 Å².